The molecule has 0 aliphatic rings. The van der Waals surface area contributed by atoms with E-state index in [9.17, 15) is 9.18 Å². The van der Waals surface area contributed by atoms with E-state index in [4.69, 9.17) is 4.74 Å². The molecule has 1 heterocycles. The average molecular weight is 307 g/mol. The van der Waals surface area contributed by atoms with E-state index in [1.54, 1.807) is 12.1 Å². The van der Waals surface area contributed by atoms with E-state index < -0.39 is 0 Å². The van der Waals surface area contributed by atoms with Crippen molar-refractivity contribution in [1.29, 1.82) is 0 Å². The summed E-state index contributed by atoms with van der Waals surface area (Å²) in [5, 5.41) is 0. The molecule has 23 heavy (non-hydrogen) atoms. The van der Waals surface area contributed by atoms with Crippen molar-refractivity contribution in [2.24, 2.45) is 0 Å². The van der Waals surface area contributed by atoms with E-state index in [-0.39, 0.29) is 5.82 Å². The molecule has 0 N–H and O–H groups in total. The summed E-state index contributed by atoms with van der Waals surface area (Å²) in [6.45, 7) is 0. The minimum absolute atomic E-state index is 0.297. The second kappa shape index (κ2) is 6.83. The van der Waals surface area contributed by atoms with Crippen molar-refractivity contribution in [3.63, 3.8) is 0 Å². The number of benzene rings is 2. The Kier molecular flexibility index (Phi) is 4.43. The molecule has 0 atom stereocenters. The van der Waals surface area contributed by atoms with E-state index >= 15 is 0 Å². The van der Waals surface area contributed by atoms with E-state index in [2.05, 4.69) is 4.98 Å². The van der Waals surface area contributed by atoms with Gasteiger partial charge in [-0.3, -0.25) is 4.98 Å². The number of aldehydes is 1. The number of carbonyl (C=O) groups excluding carboxylic acids is 1. The zero-order valence-electron chi connectivity index (χ0n) is 12.3. The van der Waals surface area contributed by atoms with Crippen LogP contribution in [0.25, 0.3) is 11.3 Å². The Morgan fingerprint density at radius 3 is 2.22 bits per heavy atom. The summed E-state index contributed by atoms with van der Waals surface area (Å²) in [5.41, 5.74) is 2.48. The van der Waals surface area contributed by atoms with Crippen LogP contribution in [0.4, 0.5) is 4.39 Å². The third-order valence-corrected chi connectivity index (χ3v) is 3.30. The van der Waals surface area contributed by atoms with Crippen LogP contribution in [0, 0.1) is 5.82 Å². The lowest BCUT2D eigenvalue weighted by Crippen LogP contribution is -1.93. The van der Waals surface area contributed by atoms with Gasteiger partial charge in [0.05, 0.1) is 5.69 Å². The van der Waals surface area contributed by atoms with Crippen molar-refractivity contribution in [1.82, 2.24) is 4.98 Å². The van der Waals surface area contributed by atoms with Gasteiger partial charge in [-0.15, -0.1) is 0 Å². The first-order valence-electron chi connectivity index (χ1n) is 7.18. The lowest BCUT2D eigenvalue weighted by atomic mass is 10.1. The molecule has 0 saturated carbocycles. The Hall–Kier alpha value is -3.01. The molecule has 0 bridgehead atoms. The molecule has 4 heteroatoms. The van der Waals surface area contributed by atoms with Crippen LogP contribution in [-0.2, 0) is 11.2 Å². The van der Waals surface area contributed by atoms with E-state index in [0.29, 0.717) is 17.9 Å². The molecule has 0 radical (unpaired) electrons. The van der Waals surface area contributed by atoms with Gasteiger partial charge in [-0.25, -0.2) is 4.39 Å². The molecule has 3 rings (SSSR count). The predicted octanol–water partition coefficient (Wildman–Crippen LogP) is 4.42. The Morgan fingerprint density at radius 1 is 0.913 bits per heavy atom. The molecular formula is C19H14FNO2. The van der Waals surface area contributed by atoms with Gasteiger partial charge in [0.25, 0.3) is 0 Å². The Labute approximate surface area is 133 Å². The SMILES string of the molecule is O=CCc1cccc(-c2ccc(Oc3ccc(F)cc3)cc2)n1. The number of nitrogens with zero attached hydrogens (tertiary/aromatic N) is 1. The third kappa shape index (κ3) is 3.80. The van der Waals surface area contributed by atoms with Gasteiger partial charge in [0.1, 0.15) is 23.6 Å². The molecule has 0 saturated heterocycles. The molecule has 0 amide bonds. The van der Waals surface area contributed by atoms with Crippen molar-refractivity contribution in [2.75, 3.05) is 0 Å². The van der Waals surface area contributed by atoms with Gasteiger partial charge >= 0.3 is 0 Å². The van der Waals surface area contributed by atoms with Crippen LogP contribution in [0.1, 0.15) is 5.69 Å². The smallest absolute Gasteiger partial charge is 0.127 e. The molecular weight excluding hydrogens is 293 g/mol. The fourth-order valence-corrected chi connectivity index (χ4v) is 2.17. The van der Waals surface area contributed by atoms with Crippen molar-refractivity contribution in [2.45, 2.75) is 6.42 Å². The largest absolute Gasteiger partial charge is 0.457 e. The molecule has 0 spiro atoms. The zero-order valence-corrected chi connectivity index (χ0v) is 12.3. The fourth-order valence-electron chi connectivity index (χ4n) is 2.17. The van der Waals surface area contributed by atoms with Crippen LogP contribution in [-0.4, -0.2) is 11.3 Å². The number of ether oxygens (including phenoxy) is 1. The normalized spacial score (nSPS) is 10.3. The molecule has 3 nitrogen and oxygen atoms in total. The maximum absolute atomic E-state index is 12.9. The van der Waals surface area contributed by atoms with Crippen LogP contribution in [0.5, 0.6) is 11.5 Å². The minimum atomic E-state index is -0.297. The van der Waals surface area contributed by atoms with Gasteiger partial charge in [0.15, 0.2) is 0 Å². The lowest BCUT2D eigenvalue weighted by Gasteiger charge is -2.07. The summed E-state index contributed by atoms with van der Waals surface area (Å²) < 4.78 is 18.5. The molecule has 1 aromatic heterocycles. The van der Waals surface area contributed by atoms with Crippen molar-refractivity contribution in [3.05, 3.63) is 78.2 Å². The first-order valence-corrected chi connectivity index (χ1v) is 7.18. The second-order valence-electron chi connectivity index (χ2n) is 4.97. The third-order valence-electron chi connectivity index (χ3n) is 3.30. The van der Waals surface area contributed by atoms with Gasteiger partial charge < -0.3 is 9.53 Å². The fraction of sp³-hybridized carbons (Fsp3) is 0.0526. The number of halogens is 1. The van der Waals surface area contributed by atoms with Gasteiger partial charge in [-0.2, -0.15) is 0 Å². The number of pyridine rings is 1. The standard InChI is InChI=1S/C19H14FNO2/c20-15-6-10-18(11-7-15)23-17-8-4-14(5-9-17)19-3-1-2-16(21-19)12-13-22/h1-11,13H,12H2. The molecule has 114 valence electrons. The summed E-state index contributed by atoms with van der Waals surface area (Å²) in [5.74, 6) is 0.934. The number of rotatable bonds is 5. The van der Waals surface area contributed by atoms with Crippen molar-refractivity contribution >= 4 is 6.29 Å². The molecule has 0 unspecified atom stereocenters. The molecule has 0 fully saturated rings. The van der Waals surface area contributed by atoms with Crippen LogP contribution >= 0.6 is 0 Å². The number of hydrogen-bond acceptors (Lipinski definition) is 3. The zero-order chi connectivity index (χ0) is 16.1. The summed E-state index contributed by atoms with van der Waals surface area (Å²) in [4.78, 5) is 15.0. The molecule has 3 aromatic rings. The predicted molar refractivity (Wildman–Crippen MR) is 85.9 cm³/mol. The summed E-state index contributed by atoms with van der Waals surface area (Å²) in [6.07, 6.45) is 1.14. The topological polar surface area (TPSA) is 39.2 Å². The summed E-state index contributed by atoms with van der Waals surface area (Å²) >= 11 is 0. The average Bonchev–Trinajstić information content (AvgIpc) is 2.58. The maximum atomic E-state index is 12.9. The molecule has 0 aliphatic heterocycles. The second-order valence-corrected chi connectivity index (χ2v) is 4.97. The number of aromatic nitrogens is 1. The quantitative estimate of drug-likeness (QED) is 0.655. The minimum Gasteiger partial charge on any atom is -0.457 e. The van der Waals surface area contributed by atoms with Crippen LogP contribution < -0.4 is 4.74 Å². The highest BCUT2D eigenvalue weighted by Crippen LogP contribution is 2.25. The first-order chi connectivity index (χ1) is 11.2. The molecule has 2 aromatic carbocycles. The summed E-state index contributed by atoms with van der Waals surface area (Å²) in [6, 6.07) is 18.9. The van der Waals surface area contributed by atoms with Crippen molar-refractivity contribution in [3.8, 4) is 22.8 Å². The van der Waals surface area contributed by atoms with Gasteiger partial charge in [-0.05, 0) is 60.7 Å². The van der Waals surface area contributed by atoms with E-state index in [0.717, 1.165) is 23.2 Å². The Balaban J connectivity index is 1.77. The van der Waals surface area contributed by atoms with Gasteiger partial charge in [-0.1, -0.05) is 6.07 Å². The number of carbonyl (C=O) groups is 1. The van der Waals surface area contributed by atoms with E-state index in [1.807, 2.05) is 42.5 Å². The maximum Gasteiger partial charge on any atom is 0.127 e. The van der Waals surface area contributed by atoms with E-state index in [1.165, 1.54) is 12.1 Å². The number of hydrogen-bond donors (Lipinski definition) is 0. The lowest BCUT2D eigenvalue weighted by molar-refractivity contribution is -0.107. The Bertz CT molecular complexity index is 798. The highest BCUT2D eigenvalue weighted by atomic mass is 19.1. The Morgan fingerprint density at radius 2 is 1.57 bits per heavy atom. The van der Waals surface area contributed by atoms with Crippen LogP contribution in [0.2, 0.25) is 0 Å². The van der Waals surface area contributed by atoms with Crippen LogP contribution in [0.3, 0.4) is 0 Å². The monoisotopic (exact) mass is 307 g/mol. The van der Waals surface area contributed by atoms with Gasteiger partial charge in [0, 0.05) is 17.7 Å². The van der Waals surface area contributed by atoms with Crippen LogP contribution in [0.15, 0.2) is 66.7 Å². The summed E-state index contributed by atoms with van der Waals surface area (Å²) in [7, 11) is 0. The van der Waals surface area contributed by atoms with Gasteiger partial charge in [0.2, 0.25) is 0 Å². The highest BCUT2D eigenvalue weighted by Gasteiger charge is 2.03. The van der Waals surface area contributed by atoms with Crippen molar-refractivity contribution < 1.29 is 13.9 Å². The highest BCUT2D eigenvalue weighted by molar-refractivity contribution is 5.61. The molecule has 0 aliphatic carbocycles. The first kappa shape index (κ1) is 14.9.